The van der Waals surface area contributed by atoms with E-state index in [9.17, 15) is 0 Å². The van der Waals surface area contributed by atoms with Gasteiger partial charge >= 0.3 is 0 Å². The average molecular weight is 181 g/mol. The fourth-order valence-corrected chi connectivity index (χ4v) is 2.98. The molecule has 1 aliphatic heterocycles. The van der Waals surface area contributed by atoms with Gasteiger partial charge in [0.15, 0.2) is 0 Å². The molecule has 0 saturated heterocycles. The number of hydrogen-bond donors (Lipinski definition) is 0. The minimum Gasteiger partial charge on any atom is -0.227 e. The van der Waals surface area contributed by atoms with Crippen molar-refractivity contribution in [3.8, 4) is 0 Å². The number of allylic oxidation sites excluding steroid dienone is 2. The summed E-state index contributed by atoms with van der Waals surface area (Å²) in [5, 5.41) is 6.36. The molecule has 0 aromatic carbocycles. The first-order valence-corrected chi connectivity index (χ1v) is 5.45. The maximum Gasteiger partial charge on any atom is 0.0349 e. The quantitative estimate of drug-likeness (QED) is 0.591. The van der Waals surface area contributed by atoms with Gasteiger partial charge in [-0.2, -0.15) is 11.3 Å². The Hall–Kier alpha value is -0.670. The third-order valence-corrected chi connectivity index (χ3v) is 3.65. The second kappa shape index (κ2) is 3.15. The first-order valence-electron chi connectivity index (χ1n) is 3.26. The zero-order valence-electron chi connectivity index (χ0n) is 5.81. The molecule has 3 heteroatoms. The van der Waals surface area contributed by atoms with Crippen LogP contribution < -0.4 is 0 Å². The molecular formula is C8H7NS2. The van der Waals surface area contributed by atoms with E-state index in [-0.39, 0.29) is 10.7 Å². The molecule has 1 nitrogen and oxygen atoms in total. The summed E-state index contributed by atoms with van der Waals surface area (Å²) in [6.07, 6.45) is 5.87. The lowest BCUT2D eigenvalue weighted by Gasteiger charge is -1.99. The molecule has 2 heterocycles. The number of hydrogen-bond acceptors (Lipinski definition) is 2. The van der Waals surface area contributed by atoms with Crippen LogP contribution in [-0.2, 0) is 0 Å². The largest absolute Gasteiger partial charge is 0.227 e. The van der Waals surface area contributed by atoms with E-state index in [0.717, 1.165) is 0 Å². The van der Waals surface area contributed by atoms with Crippen LogP contribution in [0, 0.1) is 0 Å². The third-order valence-electron chi connectivity index (χ3n) is 1.32. The molecule has 56 valence electrons. The average Bonchev–Trinajstić information content (AvgIpc) is 2.58. The van der Waals surface area contributed by atoms with Crippen molar-refractivity contribution in [1.82, 2.24) is 0 Å². The zero-order chi connectivity index (χ0) is 7.52. The summed E-state index contributed by atoms with van der Waals surface area (Å²) in [6.45, 7) is 0. The molecule has 1 atom stereocenters. The van der Waals surface area contributed by atoms with Gasteiger partial charge in [-0.1, -0.05) is 6.08 Å². The highest BCUT2D eigenvalue weighted by atomic mass is 32.2. The van der Waals surface area contributed by atoms with Crippen molar-refractivity contribution in [1.29, 1.82) is 0 Å². The maximum absolute atomic E-state index is 4.34. The van der Waals surface area contributed by atoms with E-state index in [1.165, 1.54) is 4.90 Å². The Morgan fingerprint density at radius 3 is 3.00 bits per heavy atom. The molecule has 1 aromatic heterocycles. The Morgan fingerprint density at radius 2 is 2.36 bits per heavy atom. The fraction of sp³-hybridized carbons (Fsp3) is 0. The van der Waals surface area contributed by atoms with Gasteiger partial charge in [-0.05, 0) is 33.6 Å². The first kappa shape index (κ1) is 7.00. The summed E-state index contributed by atoms with van der Waals surface area (Å²) in [5.74, 6) is 0. The van der Waals surface area contributed by atoms with Crippen molar-refractivity contribution in [2.75, 3.05) is 0 Å². The molecule has 2 rings (SSSR count). The van der Waals surface area contributed by atoms with E-state index in [1.807, 2.05) is 18.4 Å². The number of rotatable bonds is 1. The summed E-state index contributed by atoms with van der Waals surface area (Å²) in [4.78, 5) is 1.32. The first-order chi connectivity index (χ1) is 5.47. The monoisotopic (exact) mass is 181 g/mol. The standard InChI is InChI=1S/C8H7NS2/c1-2-6-11(9-4-1)8-3-5-10-7-8/h1-7H. The van der Waals surface area contributed by atoms with Gasteiger partial charge in [-0.25, -0.2) is 4.40 Å². The van der Waals surface area contributed by atoms with Crippen LogP contribution in [0.5, 0.6) is 0 Å². The highest BCUT2D eigenvalue weighted by Gasteiger charge is 1.96. The van der Waals surface area contributed by atoms with Crippen LogP contribution in [0.3, 0.4) is 0 Å². The highest BCUT2D eigenvalue weighted by molar-refractivity contribution is 8.14. The van der Waals surface area contributed by atoms with Gasteiger partial charge in [0.2, 0.25) is 0 Å². The Kier molecular flexibility index (Phi) is 2.01. The minimum absolute atomic E-state index is 0.00887. The van der Waals surface area contributed by atoms with Crippen molar-refractivity contribution in [3.05, 3.63) is 29.0 Å². The minimum atomic E-state index is -0.00887. The predicted molar refractivity (Wildman–Crippen MR) is 53.9 cm³/mol. The Bertz CT molecular complexity index is 320. The van der Waals surface area contributed by atoms with Crippen LogP contribution in [0.15, 0.2) is 38.3 Å². The van der Waals surface area contributed by atoms with E-state index in [2.05, 4.69) is 26.6 Å². The Labute approximate surface area is 72.2 Å². The third kappa shape index (κ3) is 1.49. The van der Waals surface area contributed by atoms with Crippen molar-refractivity contribution in [2.24, 2.45) is 4.40 Å². The summed E-state index contributed by atoms with van der Waals surface area (Å²) < 4.78 is 4.34. The summed E-state index contributed by atoms with van der Waals surface area (Å²) in [5.41, 5.74) is 0. The van der Waals surface area contributed by atoms with Gasteiger partial charge in [-0.15, -0.1) is 0 Å². The number of thiophene rings is 1. The second-order valence-electron chi connectivity index (χ2n) is 2.05. The van der Waals surface area contributed by atoms with Crippen molar-refractivity contribution in [3.63, 3.8) is 0 Å². The summed E-state index contributed by atoms with van der Waals surface area (Å²) in [6, 6.07) is 2.13. The van der Waals surface area contributed by atoms with Crippen LogP contribution in [0.2, 0.25) is 0 Å². The molecule has 0 fully saturated rings. The van der Waals surface area contributed by atoms with E-state index in [0.29, 0.717) is 0 Å². The molecule has 0 saturated carbocycles. The topological polar surface area (TPSA) is 12.4 Å². The van der Waals surface area contributed by atoms with Gasteiger partial charge in [0.05, 0.1) is 0 Å². The molecule has 1 aromatic rings. The number of nitrogens with zero attached hydrogens (tertiary/aromatic N) is 1. The maximum atomic E-state index is 4.34. The van der Waals surface area contributed by atoms with Gasteiger partial charge in [-0.3, -0.25) is 0 Å². The van der Waals surface area contributed by atoms with Gasteiger partial charge in [0, 0.05) is 16.5 Å². The van der Waals surface area contributed by atoms with Crippen molar-refractivity contribution < 1.29 is 0 Å². The molecule has 11 heavy (non-hydrogen) atoms. The van der Waals surface area contributed by atoms with Crippen LogP contribution in [0.1, 0.15) is 0 Å². The van der Waals surface area contributed by atoms with Gasteiger partial charge in [0.1, 0.15) is 0 Å². The smallest absolute Gasteiger partial charge is 0.0349 e. The zero-order valence-corrected chi connectivity index (χ0v) is 7.44. The predicted octanol–water partition coefficient (Wildman–Crippen LogP) is 2.73. The second-order valence-corrected chi connectivity index (χ2v) is 4.41. The van der Waals surface area contributed by atoms with Crippen LogP contribution in [0.25, 0.3) is 0 Å². The Balaban J connectivity index is 2.38. The van der Waals surface area contributed by atoms with Crippen LogP contribution in [0.4, 0.5) is 0 Å². The molecule has 0 aliphatic carbocycles. The van der Waals surface area contributed by atoms with E-state index >= 15 is 0 Å². The van der Waals surface area contributed by atoms with E-state index in [4.69, 9.17) is 0 Å². The molecule has 0 radical (unpaired) electrons. The highest BCUT2D eigenvalue weighted by Crippen LogP contribution is 2.29. The van der Waals surface area contributed by atoms with Crippen molar-refractivity contribution in [2.45, 2.75) is 4.90 Å². The molecular weight excluding hydrogens is 174 g/mol. The summed E-state index contributed by atoms with van der Waals surface area (Å²) >= 11 is 1.72. The molecule has 1 unspecified atom stereocenters. The Morgan fingerprint density at radius 1 is 1.36 bits per heavy atom. The van der Waals surface area contributed by atoms with Crippen molar-refractivity contribution >= 4 is 33.6 Å². The van der Waals surface area contributed by atoms with E-state index < -0.39 is 0 Å². The molecule has 0 spiro atoms. The van der Waals surface area contributed by atoms with Crippen LogP contribution in [-0.4, -0.2) is 11.6 Å². The van der Waals surface area contributed by atoms with Gasteiger partial charge < -0.3 is 0 Å². The molecule has 0 amide bonds. The normalized spacial score (nSPS) is 21.6. The van der Waals surface area contributed by atoms with Crippen LogP contribution >= 0.6 is 22.0 Å². The lowest BCUT2D eigenvalue weighted by Crippen LogP contribution is -1.77. The lowest BCUT2D eigenvalue weighted by atomic mass is 10.6. The molecule has 0 N–H and O–H groups in total. The fourth-order valence-electron chi connectivity index (χ4n) is 0.816. The molecule has 0 bridgehead atoms. The van der Waals surface area contributed by atoms with E-state index in [1.54, 1.807) is 11.3 Å². The van der Waals surface area contributed by atoms with Gasteiger partial charge in [0.25, 0.3) is 0 Å². The summed E-state index contributed by atoms with van der Waals surface area (Å²) in [7, 11) is -0.00887. The SMILES string of the molecule is C1=CC=S(c2ccsc2)N=C1. The lowest BCUT2D eigenvalue weighted by molar-refractivity contribution is 1.58. The molecule has 1 aliphatic rings.